The second-order valence-corrected chi connectivity index (χ2v) is 4.95. The van der Waals surface area contributed by atoms with Crippen LogP contribution in [0.15, 0.2) is 4.52 Å². The molecule has 6 heteroatoms. The highest BCUT2D eigenvalue weighted by Crippen LogP contribution is 2.44. The number of aryl methyl sites for hydroxylation is 1. The summed E-state index contributed by atoms with van der Waals surface area (Å²) in [5.74, 6) is 1.35. The number of nitrogens with one attached hydrogen (secondary N) is 1. The van der Waals surface area contributed by atoms with Crippen molar-refractivity contribution < 1.29 is 9.32 Å². The number of nitriles is 1. The molecule has 1 N–H and O–H groups in total. The molecular formula is C12H16N4O2. The predicted molar refractivity (Wildman–Crippen MR) is 62.2 cm³/mol. The van der Waals surface area contributed by atoms with Gasteiger partial charge in [0.25, 0.3) is 0 Å². The van der Waals surface area contributed by atoms with Crippen molar-refractivity contribution in [3.63, 3.8) is 0 Å². The van der Waals surface area contributed by atoms with E-state index in [4.69, 9.17) is 9.78 Å². The summed E-state index contributed by atoms with van der Waals surface area (Å²) in [5.41, 5.74) is -0.815. The lowest BCUT2D eigenvalue weighted by molar-refractivity contribution is -0.133. The molecule has 1 heterocycles. The lowest BCUT2D eigenvalue weighted by Gasteiger charge is -2.39. The normalized spacial score (nSPS) is 26.2. The van der Waals surface area contributed by atoms with E-state index in [2.05, 4.69) is 21.5 Å². The first kappa shape index (κ1) is 12.6. The fraction of sp³-hybridized carbons (Fsp3) is 0.667. The van der Waals surface area contributed by atoms with Crippen LogP contribution in [0.2, 0.25) is 0 Å². The van der Waals surface area contributed by atoms with Crippen molar-refractivity contribution in [3.05, 3.63) is 11.7 Å². The first-order valence-electron chi connectivity index (χ1n) is 6.04. The van der Waals surface area contributed by atoms with Crippen LogP contribution in [0.1, 0.15) is 31.5 Å². The molecule has 0 bridgehead atoms. The first-order valence-corrected chi connectivity index (χ1v) is 6.04. The molecule has 0 spiro atoms. The Balaban J connectivity index is 1.80. The fourth-order valence-electron chi connectivity index (χ4n) is 2.35. The Morgan fingerprint density at radius 2 is 2.39 bits per heavy atom. The van der Waals surface area contributed by atoms with E-state index < -0.39 is 5.41 Å². The molecule has 1 aliphatic carbocycles. The molecular weight excluding hydrogens is 232 g/mol. The first-order chi connectivity index (χ1) is 8.55. The van der Waals surface area contributed by atoms with Gasteiger partial charge in [0.05, 0.1) is 6.07 Å². The SMILES string of the molecule is Cc1noc(CCNC(=O)C2(C#N)CC(C)C2)n1. The van der Waals surface area contributed by atoms with E-state index in [0.29, 0.717) is 43.4 Å². The molecule has 2 rings (SSSR count). The highest BCUT2D eigenvalue weighted by molar-refractivity contribution is 5.86. The van der Waals surface area contributed by atoms with Crippen molar-refractivity contribution in [2.75, 3.05) is 6.54 Å². The Hall–Kier alpha value is -1.90. The largest absolute Gasteiger partial charge is 0.354 e. The number of nitrogens with zero attached hydrogens (tertiary/aromatic N) is 3. The summed E-state index contributed by atoms with van der Waals surface area (Å²) in [6.45, 7) is 4.20. The molecule has 1 aromatic heterocycles. The van der Waals surface area contributed by atoms with Gasteiger partial charge in [-0.25, -0.2) is 0 Å². The zero-order valence-electron chi connectivity index (χ0n) is 10.6. The van der Waals surface area contributed by atoms with Crippen LogP contribution in [0, 0.1) is 29.6 Å². The van der Waals surface area contributed by atoms with Crippen LogP contribution < -0.4 is 5.32 Å². The average molecular weight is 248 g/mol. The number of hydrogen-bond donors (Lipinski definition) is 1. The molecule has 0 unspecified atom stereocenters. The fourth-order valence-corrected chi connectivity index (χ4v) is 2.35. The highest BCUT2D eigenvalue weighted by Gasteiger charge is 2.48. The van der Waals surface area contributed by atoms with Gasteiger partial charge in [0.2, 0.25) is 11.8 Å². The van der Waals surface area contributed by atoms with E-state index in [1.54, 1.807) is 6.92 Å². The zero-order valence-corrected chi connectivity index (χ0v) is 10.6. The van der Waals surface area contributed by atoms with Crippen molar-refractivity contribution in [3.8, 4) is 6.07 Å². The van der Waals surface area contributed by atoms with Crippen LogP contribution >= 0.6 is 0 Å². The van der Waals surface area contributed by atoms with Crippen molar-refractivity contribution in [1.29, 1.82) is 5.26 Å². The molecule has 18 heavy (non-hydrogen) atoms. The van der Waals surface area contributed by atoms with Gasteiger partial charge in [-0.05, 0) is 25.7 Å². The van der Waals surface area contributed by atoms with Crippen LogP contribution in [0.4, 0.5) is 0 Å². The van der Waals surface area contributed by atoms with E-state index in [1.165, 1.54) is 0 Å². The third-order valence-corrected chi connectivity index (χ3v) is 3.24. The Kier molecular flexibility index (Phi) is 3.32. The van der Waals surface area contributed by atoms with E-state index in [1.807, 2.05) is 6.92 Å². The summed E-state index contributed by atoms with van der Waals surface area (Å²) in [7, 11) is 0. The smallest absolute Gasteiger partial charge is 0.240 e. The minimum Gasteiger partial charge on any atom is -0.354 e. The monoisotopic (exact) mass is 248 g/mol. The maximum Gasteiger partial charge on any atom is 0.240 e. The highest BCUT2D eigenvalue weighted by atomic mass is 16.5. The Morgan fingerprint density at radius 1 is 1.67 bits per heavy atom. The number of carbonyl (C=O) groups excluding carboxylic acids is 1. The van der Waals surface area contributed by atoms with Crippen LogP contribution in [-0.4, -0.2) is 22.6 Å². The minimum absolute atomic E-state index is 0.181. The summed E-state index contributed by atoms with van der Waals surface area (Å²) < 4.78 is 4.94. The molecule has 1 saturated carbocycles. The summed E-state index contributed by atoms with van der Waals surface area (Å²) in [6, 6.07) is 2.13. The van der Waals surface area contributed by atoms with Gasteiger partial charge in [0.1, 0.15) is 5.41 Å². The van der Waals surface area contributed by atoms with Crippen molar-refractivity contribution in [2.24, 2.45) is 11.3 Å². The lowest BCUT2D eigenvalue weighted by atomic mass is 9.63. The summed E-state index contributed by atoms with van der Waals surface area (Å²) in [5, 5.41) is 15.5. The number of rotatable bonds is 4. The van der Waals surface area contributed by atoms with Gasteiger partial charge in [0.15, 0.2) is 5.82 Å². The van der Waals surface area contributed by atoms with Gasteiger partial charge >= 0.3 is 0 Å². The standard InChI is InChI=1S/C12H16N4O2/c1-8-5-12(6-8,7-13)11(17)14-4-3-10-15-9(2)16-18-10/h8H,3-6H2,1-2H3,(H,14,17). The molecule has 1 fully saturated rings. The molecule has 0 aliphatic heterocycles. The van der Waals surface area contributed by atoms with Crippen LogP contribution in [-0.2, 0) is 11.2 Å². The Morgan fingerprint density at radius 3 is 2.89 bits per heavy atom. The molecule has 0 radical (unpaired) electrons. The second-order valence-electron chi connectivity index (χ2n) is 4.95. The molecule has 1 aliphatic rings. The summed E-state index contributed by atoms with van der Waals surface area (Å²) >= 11 is 0. The Bertz CT molecular complexity index is 483. The van der Waals surface area contributed by atoms with Gasteiger partial charge in [-0.1, -0.05) is 12.1 Å². The second kappa shape index (κ2) is 4.77. The predicted octanol–water partition coefficient (Wildman–Crippen LogP) is 0.977. The van der Waals surface area contributed by atoms with Crippen molar-refractivity contribution in [2.45, 2.75) is 33.1 Å². The number of aromatic nitrogens is 2. The number of hydrogen-bond acceptors (Lipinski definition) is 5. The average Bonchev–Trinajstić information content (AvgIpc) is 2.70. The third kappa shape index (κ3) is 2.35. The Labute approximate surface area is 105 Å². The van der Waals surface area contributed by atoms with E-state index in [9.17, 15) is 4.79 Å². The van der Waals surface area contributed by atoms with Gasteiger partial charge in [0, 0.05) is 13.0 Å². The molecule has 6 nitrogen and oxygen atoms in total. The topological polar surface area (TPSA) is 91.8 Å². The van der Waals surface area contributed by atoms with E-state index in [0.717, 1.165) is 0 Å². The van der Waals surface area contributed by atoms with Crippen LogP contribution in [0.3, 0.4) is 0 Å². The zero-order chi connectivity index (χ0) is 13.2. The van der Waals surface area contributed by atoms with Crippen LogP contribution in [0.5, 0.6) is 0 Å². The number of amides is 1. The molecule has 96 valence electrons. The van der Waals surface area contributed by atoms with Gasteiger partial charge < -0.3 is 9.84 Å². The quantitative estimate of drug-likeness (QED) is 0.857. The minimum atomic E-state index is -0.815. The molecule has 1 aromatic rings. The van der Waals surface area contributed by atoms with Gasteiger partial charge in [-0.2, -0.15) is 10.2 Å². The summed E-state index contributed by atoms with van der Waals surface area (Å²) in [4.78, 5) is 16.0. The van der Waals surface area contributed by atoms with Crippen molar-refractivity contribution in [1.82, 2.24) is 15.5 Å². The summed E-state index contributed by atoms with van der Waals surface area (Å²) in [6.07, 6.45) is 1.79. The maximum absolute atomic E-state index is 11.9. The molecule has 0 saturated heterocycles. The van der Waals surface area contributed by atoms with Gasteiger partial charge in [-0.15, -0.1) is 0 Å². The van der Waals surface area contributed by atoms with Crippen LogP contribution in [0.25, 0.3) is 0 Å². The number of carbonyl (C=O) groups is 1. The molecule has 1 amide bonds. The van der Waals surface area contributed by atoms with E-state index >= 15 is 0 Å². The molecule has 0 atom stereocenters. The van der Waals surface area contributed by atoms with Gasteiger partial charge in [-0.3, -0.25) is 4.79 Å². The maximum atomic E-state index is 11.9. The molecule has 0 aromatic carbocycles. The lowest BCUT2D eigenvalue weighted by Crippen LogP contribution is -2.48. The van der Waals surface area contributed by atoms with E-state index in [-0.39, 0.29) is 5.91 Å². The van der Waals surface area contributed by atoms with Crippen molar-refractivity contribution >= 4 is 5.91 Å². The third-order valence-electron chi connectivity index (χ3n) is 3.24.